The number of aryl methyl sites for hydroxylation is 2. The molecule has 2 aromatic heterocycles. The highest BCUT2D eigenvalue weighted by molar-refractivity contribution is 6.31. The van der Waals surface area contributed by atoms with E-state index < -0.39 is 5.82 Å². The normalized spacial score (nSPS) is 23.5. The molecule has 7 nitrogen and oxygen atoms in total. The Labute approximate surface area is 213 Å². The molecular weight excluding hydrogens is 488 g/mol. The van der Waals surface area contributed by atoms with Gasteiger partial charge in [-0.25, -0.2) is 18.3 Å². The Balaban J connectivity index is 1.23. The topological polar surface area (TPSA) is 63.0 Å². The van der Waals surface area contributed by atoms with Crippen molar-refractivity contribution in [1.82, 2.24) is 24.4 Å². The average molecular weight is 516 g/mol. The molecule has 3 aliphatic rings. The van der Waals surface area contributed by atoms with Crippen molar-refractivity contribution in [3.05, 3.63) is 57.2 Å². The number of alkyl halides is 1. The molecule has 6 rings (SSSR count). The highest BCUT2D eigenvalue weighted by Gasteiger charge is 2.41. The first kappa shape index (κ1) is 23.6. The Morgan fingerprint density at radius 1 is 1.19 bits per heavy atom. The number of carbonyl (C=O) groups is 1. The second kappa shape index (κ2) is 8.95. The largest absolute Gasteiger partial charge is 0.489 e. The number of rotatable bonds is 5. The molecule has 2 atom stereocenters. The fourth-order valence-corrected chi connectivity index (χ4v) is 6.28. The van der Waals surface area contributed by atoms with Gasteiger partial charge in [-0.3, -0.25) is 9.69 Å². The number of piperidine rings is 1. The standard InChI is InChI=1S/C26H28ClF2N5O2/c1-14-24(27)15(2)34-25(30-14)21-12-32(13-22(21)31-34)26(35)20-6-3-16(29)9-23(20)36-19-10-17-4-5-18(11-19)33(17)8-7-28/h3,6,9,17-19H,4-5,7-8,10-13H2,1-2H3. The minimum atomic E-state index is -0.450. The maximum absolute atomic E-state index is 14.2. The van der Waals surface area contributed by atoms with Gasteiger partial charge < -0.3 is 9.64 Å². The first-order valence-corrected chi connectivity index (χ1v) is 12.8. The summed E-state index contributed by atoms with van der Waals surface area (Å²) in [5.41, 5.74) is 4.24. The highest BCUT2D eigenvalue weighted by atomic mass is 35.5. The lowest BCUT2D eigenvalue weighted by molar-refractivity contribution is 0.0445. The van der Waals surface area contributed by atoms with Crippen molar-refractivity contribution in [3.8, 4) is 5.75 Å². The molecule has 0 radical (unpaired) electrons. The van der Waals surface area contributed by atoms with Gasteiger partial charge in [0, 0.05) is 30.3 Å². The van der Waals surface area contributed by atoms with Gasteiger partial charge in [-0.2, -0.15) is 5.10 Å². The van der Waals surface area contributed by atoms with Crippen LogP contribution in [0.2, 0.25) is 5.02 Å². The Hall–Kier alpha value is -2.78. The van der Waals surface area contributed by atoms with E-state index in [1.807, 2.05) is 13.8 Å². The van der Waals surface area contributed by atoms with E-state index >= 15 is 0 Å². The number of amides is 1. The monoisotopic (exact) mass is 515 g/mol. The minimum absolute atomic E-state index is 0.133. The highest BCUT2D eigenvalue weighted by Crippen LogP contribution is 2.38. The van der Waals surface area contributed by atoms with Gasteiger partial charge in [0.15, 0.2) is 5.65 Å². The lowest BCUT2D eigenvalue weighted by Gasteiger charge is -2.38. The average Bonchev–Trinajstić information content (AvgIpc) is 3.48. The van der Waals surface area contributed by atoms with Crippen LogP contribution in [0.15, 0.2) is 18.2 Å². The van der Waals surface area contributed by atoms with E-state index in [0.29, 0.717) is 35.9 Å². The third-order valence-corrected chi connectivity index (χ3v) is 8.44. The summed E-state index contributed by atoms with van der Waals surface area (Å²) in [4.78, 5) is 22.1. The molecule has 3 aromatic rings. The Morgan fingerprint density at radius 2 is 1.94 bits per heavy atom. The molecule has 0 spiro atoms. The summed E-state index contributed by atoms with van der Waals surface area (Å²) in [5, 5.41) is 5.23. The quantitative estimate of drug-likeness (QED) is 0.495. The molecule has 2 saturated heterocycles. The molecule has 2 unspecified atom stereocenters. The van der Waals surface area contributed by atoms with Gasteiger partial charge in [0.1, 0.15) is 24.3 Å². The van der Waals surface area contributed by atoms with Crippen molar-refractivity contribution < 1.29 is 18.3 Å². The van der Waals surface area contributed by atoms with E-state index in [1.54, 1.807) is 9.42 Å². The van der Waals surface area contributed by atoms with Crippen LogP contribution in [-0.4, -0.2) is 61.7 Å². The maximum Gasteiger partial charge on any atom is 0.258 e. The predicted molar refractivity (Wildman–Crippen MR) is 131 cm³/mol. The van der Waals surface area contributed by atoms with Crippen molar-refractivity contribution in [1.29, 1.82) is 0 Å². The molecule has 10 heteroatoms. The zero-order valence-electron chi connectivity index (χ0n) is 20.3. The summed E-state index contributed by atoms with van der Waals surface area (Å²) in [6.07, 6.45) is 3.41. The molecule has 1 aromatic carbocycles. The fraction of sp³-hybridized carbons (Fsp3) is 0.500. The molecule has 2 bridgehead atoms. The van der Waals surface area contributed by atoms with Crippen molar-refractivity contribution in [3.63, 3.8) is 0 Å². The summed E-state index contributed by atoms with van der Waals surface area (Å²) in [6.45, 7) is 4.52. The van der Waals surface area contributed by atoms with Crippen LogP contribution in [-0.2, 0) is 13.1 Å². The predicted octanol–water partition coefficient (Wildman–Crippen LogP) is 4.64. The molecule has 5 heterocycles. The van der Waals surface area contributed by atoms with Crippen LogP contribution in [0.3, 0.4) is 0 Å². The van der Waals surface area contributed by atoms with Crippen LogP contribution in [0.1, 0.15) is 58.7 Å². The molecule has 2 fully saturated rings. The zero-order valence-corrected chi connectivity index (χ0v) is 21.1. The van der Waals surface area contributed by atoms with Gasteiger partial charge in [-0.1, -0.05) is 11.6 Å². The molecule has 0 saturated carbocycles. The summed E-state index contributed by atoms with van der Waals surface area (Å²) in [6, 6.07) is 4.63. The van der Waals surface area contributed by atoms with E-state index in [2.05, 4.69) is 15.0 Å². The smallest absolute Gasteiger partial charge is 0.258 e. The number of nitrogens with zero attached hydrogens (tertiary/aromatic N) is 5. The van der Waals surface area contributed by atoms with Gasteiger partial charge >= 0.3 is 0 Å². The van der Waals surface area contributed by atoms with Gasteiger partial charge in [0.05, 0.1) is 40.8 Å². The zero-order chi connectivity index (χ0) is 25.1. The Bertz CT molecular complexity index is 1350. The van der Waals surface area contributed by atoms with Crippen molar-refractivity contribution in [2.45, 2.75) is 70.8 Å². The lowest BCUT2D eigenvalue weighted by atomic mass is 9.99. The van der Waals surface area contributed by atoms with E-state index in [-0.39, 0.29) is 36.5 Å². The molecule has 0 aliphatic carbocycles. The van der Waals surface area contributed by atoms with Crippen molar-refractivity contribution in [2.75, 3.05) is 13.2 Å². The Morgan fingerprint density at radius 3 is 2.67 bits per heavy atom. The summed E-state index contributed by atoms with van der Waals surface area (Å²) in [7, 11) is 0. The summed E-state index contributed by atoms with van der Waals surface area (Å²) in [5.74, 6) is -0.422. The van der Waals surface area contributed by atoms with Crippen molar-refractivity contribution in [2.24, 2.45) is 0 Å². The summed E-state index contributed by atoms with van der Waals surface area (Å²) >= 11 is 6.34. The maximum atomic E-state index is 14.2. The van der Waals surface area contributed by atoms with Crippen LogP contribution in [0.25, 0.3) is 5.65 Å². The lowest BCUT2D eigenvalue weighted by Crippen LogP contribution is -2.47. The first-order chi connectivity index (χ1) is 17.3. The third-order valence-electron chi connectivity index (χ3n) is 7.89. The molecule has 3 aliphatic heterocycles. The number of ether oxygens (including phenoxy) is 1. The second-order valence-corrected chi connectivity index (χ2v) is 10.5. The number of benzene rings is 1. The number of fused-ring (bicyclic) bond motifs is 5. The first-order valence-electron chi connectivity index (χ1n) is 12.4. The van der Waals surface area contributed by atoms with Crippen LogP contribution < -0.4 is 4.74 Å². The van der Waals surface area contributed by atoms with Gasteiger partial charge in [-0.15, -0.1) is 0 Å². The summed E-state index contributed by atoms with van der Waals surface area (Å²) < 4.78 is 35.2. The number of halogens is 3. The number of hydrogen-bond donors (Lipinski definition) is 0. The number of carbonyl (C=O) groups excluding carboxylic acids is 1. The molecule has 36 heavy (non-hydrogen) atoms. The van der Waals surface area contributed by atoms with E-state index in [9.17, 15) is 13.6 Å². The van der Waals surface area contributed by atoms with E-state index in [1.165, 1.54) is 18.2 Å². The second-order valence-electron chi connectivity index (χ2n) is 10.1. The fourth-order valence-electron chi connectivity index (χ4n) is 6.16. The van der Waals surface area contributed by atoms with Gasteiger partial charge in [0.2, 0.25) is 0 Å². The molecular formula is C26H28ClF2N5O2. The number of aromatic nitrogens is 3. The minimum Gasteiger partial charge on any atom is -0.489 e. The van der Waals surface area contributed by atoms with Crippen molar-refractivity contribution >= 4 is 23.2 Å². The van der Waals surface area contributed by atoms with Gasteiger partial charge in [-0.05, 0) is 51.7 Å². The molecule has 0 N–H and O–H groups in total. The number of hydrogen-bond acceptors (Lipinski definition) is 5. The van der Waals surface area contributed by atoms with Crippen LogP contribution >= 0.6 is 11.6 Å². The van der Waals surface area contributed by atoms with E-state index in [0.717, 1.165) is 48.3 Å². The third kappa shape index (κ3) is 3.84. The SMILES string of the molecule is Cc1nc2c3c(nn2c(C)c1Cl)CN(C(=O)c1ccc(F)cc1OC1CC2CCC(C1)N2CCF)C3. The van der Waals surface area contributed by atoms with E-state index in [4.69, 9.17) is 16.3 Å². The van der Waals surface area contributed by atoms with Crippen LogP contribution in [0.4, 0.5) is 8.78 Å². The van der Waals surface area contributed by atoms with Crippen LogP contribution in [0.5, 0.6) is 5.75 Å². The molecule has 1 amide bonds. The van der Waals surface area contributed by atoms with Gasteiger partial charge in [0.25, 0.3) is 5.91 Å². The molecule has 190 valence electrons. The van der Waals surface area contributed by atoms with Crippen LogP contribution in [0, 0.1) is 19.7 Å². The Kier molecular flexibility index (Phi) is 5.87.